The van der Waals surface area contributed by atoms with Crippen molar-refractivity contribution >= 4 is 33.3 Å². The fourth-order valence-corrected chi connectivity index (χ4v) is 2.07. The topological polar surface area (TPSA) is 119 Å². The highest BCUT2D eigenvalue weighted by molar-refractivity contribution is 9.10. The van der Waals surface area contributed by atoms with E-state index in [1.54, 1.807) is 0 Å². The maximum absolute atomic E-state index is 11.1. The fourth-order valence-electron chi connectivity index (χ4n) is 1.80. The average molecular weight is 353 g/mol. The summed E-state index contributed by atoms with van der Waals surface area (Å²) in [7, 11) is 0. The molecule has 110 valence electrons. The zero-order chi connectivity index (χ0) is 15.4. The maximum Gasteiger partial charge on any atom is 0.354 e. The number of nitrogens with two attached hydrogens (primary N) is 1. The van der Waals surface area contributed by atoms with Crippen molar-refractivity contribution in [3.8, 4) is 0 Å². The van der Waals surface area contributed by atoms with Crippen molar-refractivity contribution in [3.05, 3.63) is 50.7 Å². The van der Waals surface area contributed by atoms with Gasteiger partial charge in [-0.2, -0.15) is 0 Å². The summed E-state index contributed by atoms with van der Waals surface area (Å²) >= 11 is 3.36. The van der Waals surface area contributed by atoms with Gasteiger partial charge in [-0.3, -0.25) is 10.1 Å². The number of hydrazine groups is 1. The highest BCUT2D eigenvalue weighted by Crippen LogP contribution is 2.30. The van der Waals surface area contributed by atoms with E-state index in [9.17, 15) is 10.1 Å². The Morgan fingerprint density at radius 1 is 1.29 bits per heavy atom. The quantitative estimate of drug-likeness (QED) is 0.429. The van der Waals surface area contributed by atoms with Crippen LogP contribution >= 0.6 is 15.9 Å². The van der Waals surface area contributed by atoms with Gasteiger partial charge in [-0.1, -0.05) is 28.1 Å². The van der Waals surface area contributed by atoms with Gasteiger partial charge < -0.3 is 10.7 Å². The minimum Gasteiger partial charge on any atom is -0.358 e. The molecular formula is C12H13BrN6O2. The monoisotopic (exact) mass is 352 g/mol. The smallest absolute Gasteiger partial charge is 0.354 e. The zero-order valence-corrected chi connectivity index (χ0v) is 12.7. The number of nitrogen functional groups attached to an aromatic ring is 1. The van der Waals surface area contributed by atoms with Gasteiger partial charge in [0.25, 0.3) is 0 Å². The molecule has 1 atom stereocenters. The van der Waals surface area contributed by atoms with Gasteiger partial charge in [-0.15, -0.1) is 0 Å². The molecule has 2 rings (SSSR count). The fraction of sp³-hybridized carbons (Fsp3) is 0.167. The number of hydrogen-bond donors (Lipinski definition) is 3. The van der Waals surface area contributed by atoms with E-state index >= 15 is 0 Å². The summed E-state index contributed by atoms with van der Waals surface area (Å²) in [6, 6.07) is 7.45. The lowest BCUT2D eigenvalue weighted by Crippen LogP contribution is -2.15. The van der Waals surface area contributed by atoms with Gasteiger partial charge in [0.05, 0.1) is 11.0 Å². The van der Waals surface area contributed by atoms with Crippen molar-refractivity contribution in [2.45, 2.75) is 13.0 Å². The highest BCUT2D eigenvalue weighted by Gasteiger charge is 2.23. The van der Waals surface area contributed by atoms with Crippen molar-refractivity contribution in [1.29, 1.82) is 0 Å². The number of rotatable bonds is 5. The van der Waals surface area contributed by atoms with E-state index < -0.39 is 4.92 Å². The molecule has 0 aliphatic heterocycles. The Morgan fingerprint density at radius 2 is 1.90 bits per heavy atom. The molecule has 1 aromatic heterocycles. The van der Waals surface area contributed by atoms with Gasteiger partial charge in [0.15, 0.2) is 0 Å². The molecule has 1 heterocycles. The molecule has 1 unspecified atom stereocenters. The molecule has 4 N–H and O–H groups in total. The Kier molecular flexibility index (Phi) is 4.66. The van der Waals surface area contributed by atoms with Crippen LogP contribution in [0.25, 0.3) is 0 Å². The molecule has 0 amide bonds. The Bertz CT molecular complexity index is 649. The Morgan fingerprint density at radius 3 is 2.48 bits per heavy atom. The number of benzene rings is 1. The third-order valence-electron chi connectivity index (χ3n) is 2.86. The molecule has 2 aromatic rings. The summed E-state index contributed by atoms with van der Waals surface area (Å²) < 4.78 is 0.959. The second-order valence-corrected chi connectivity index (χ2v) is 5.15. The summed E-state index contributed by atoms with van der Waals surface area (Å²) in [6.07, 6.45) is 1.21. The number of nitrogens with one attached hydrogen (secondary N) is 2. The van der Waals surface area contributed by atoms with Crippen LogP contribution in [-0.2, 0) is 0 Å². The van der Waals surface area contributed by atoms with E-state index in [4.69, 9.17) is 5.84 Å². The standard InChI is InChI=1S/C12H13BrN6O2/c1-7(8-2-4-9(13)5-3-8)17-11-10(19(20)21)12(18-14)16-6-15-11/h2-7H,14H2,1H3,(H2,15,16,17,18). The molecule has 0 aliphatic carbocycles. The van der Waals surface area contributed by atoms with Crippen LogP contribution in [0.15, 0.2) is 35.1 Å². The lowest BCUT2D eigenvalue weighted by atomic mass is 10.1. The van der Waals surface area contributed by atoms with Gasteiger partial charge in [0, 0.05) is 4.47 Å². The molecule has 0 saturated carbocycles. The molecule has 0 saturated heterocycles. The van der Waals surface area contributed by atoms with Gasteiger partial charge in [0.2, 0.25) is 11.6 Å². The molecule has 9 heteroatoms. The molecule has 0 spiro atoms. The van der Waals surface area contributed by atoms with E-state index in [1.807, 2.05) is 31.2 Å². The number of anilines is 2. The first-order valence-electron chi connectivity index (χ1n) is 6.01. The van der Waals surface area contributed by atoms with Crippen molar-refractivity contribution in [3.63, 3.8) is 0 Å². The minimum atomic E-state index is -0.578. The van der Waals surface area contributed by atoms with Crippen molar-refractivity contribution in [1.82, 2.24) is 9.97 Å². The molecule has 0 fully saturated rings. The van der Waals surface area contributed by atoms with Gasteiger partial charge >= 0.3 is 5.69 Å². The van der Waals surface area contributed by atoms with Crippen LogP contribution in [0.5, 0.6) is 0 Å². The number of hydrogen-bond acceptors (Lipinski definition) is 7. The largest absolute Gasteiger partial charge is 0.358 e. The van der Waals surface area contributed by atoms with Crippen LogP contribution in [0, 0.1) is 10.1 Å². The molecule has 21 heavy (non-hydrogen) atoms. The Hall–Kier alpha value is -2.26. The summed E-state index contributed by atoms with van der Waals surface area (Å²) in [5.74, 6) is 5.31. The third kappa shape index (κ3) is 3.44. The normalized spacial score (nSPS) is 11.8. The van der Waals surface area contributed by atoms with Gasteiger partial charge in [0.1, 0.15) is 6.33 Å². The van der Waals surface area contributed by atoms with E-state index in [2.05, 4.69) is 36.6 Å². The Labute approximate surface area is 129 Å². The zero-order valence-electron chi connectivity index (χ0n) is 11.1. The van der Waals surface area contributed by atoms with E-state index in [-0.39, 0.29) is 23.4 Å². The van der Waals surface area contributed by atoms with E-state index in [0.717, 1.165) is 10.0 Å². The second kappa shape index (κ2) is 6.46. The van der Waals surface area contributed by atoms with Crippen LogP contribution in [0.1, 0.15) is 18.5 Å². The molecule has 0 bridgehead atoms. The molecule has 0 radical (unpaired) electrons. The van der Waals surface area contributed by atoms with Crippen LogP contribution in [0.4, 0.5) is 17.3 Å². The third-order valence-corrected chi connectivity index (χ3v) is 3.39. The number of nitrogens with zero attached hydrogens (tertiary/aromatic N) is 3. The van der Waals surface area contributed by atoms with Crippen molar-refractivity contribution in [2.24, 2.45) is 5.84 Å². The van der Waals surface area contributed by atoms with Gasteiger partial charge in [-0.05, 0) is 24.6 Å². The number of halogens is 1. The SMILES string of the molecule is CC(Nc1ncnc(NN)c1[N+](=O)[O-])c1ccc(Br)cc1. The van der Waals surface area contributed by atoms with Gasteiger partial charge in [-0.25, -0.2) is 15.8 Å². The molecule has 0 aliphatic rings. The predicted octanol–water partition coefficient (Wildman–Crippen LogP) is 2.61. The Balaban J connectivity index is 2.30. The molecule has 1 aromatic carbocycles. The minimum absolute atomic E-state index is 0.0412. The van der Waals surface area contributed by atoms with Crippen LogP contribution in [-0.4, -0.2) is 14.9 Å². The lowest BCUT2D eigenvalue weighted by Gasteiger charge is -2.15. The predicted molar refractivity (Wildman–Crippen MR) is 82.7 cm³/mol. The number of aromatic nitrogens is 2. The summed E-state index contributed by atoms with van der Waals surface area (Å²) in [6.45, 7) is 1.88. The maximum atomic E-state index is 11.1. The summed E-state index contributed by atoms with van der Waals surface area (Å²) in [5, 5.41) is 14.1. The average Bonchev–Trinajstić information content (AvgIpc) is 2.47. The summed E-state index contributed by atoms with van der Waals surface area (Å²) in [5.41, 5.74) is 2.88. The lowest BCUT2D eigenvalue weighted by molar-refractivity contribution is -0.383. The first-order valence-corrected chi connectivity index (χ1v) is 6.80. The highest BCUT2D eigenvalue weighted by atomic mass is 79.9. The van der Waals surface area contributed by atoms with Crippen LogP contribution < -0.4 is 16.6 Å². The summed E-state index contributed by atoms with van der Waals surface area (Å²) in [4.78, 5) is 18.2. The second-order valence-electron chi connectivity index (χ2n) is 4.24. The van der Waals surface area contributed by atoms with E-state index in [0.29, 0.717) is 0 Å². The molecular weight excluding hydrogens is 340 g/mol. The van der Waals surface area contributed by atoms with Crippen LogP contribution in [0.3, 0.4) is 0 Å². The van der Waals surface area contributed by atoms with E-state index in [1.165, 1.54) is 6.33 Å². The van der Waals surface area contributed by atoms with Crippen LogP contribution in [0.2, 0.25) is 0 Å². The van der Waals surface area contributed by atoms with Crippen molar-refractivity contribution in [2.75, 3.05) is 10.7 Å². The number of nitro groups is 1. The first-order chi connectivity index (χ1) is 10.0. The molecule has 8 nitrogen and oxygen atoms in total. The first kappa shape index (κ1) is 15.1. The van der Waals surface area contributed by atoms with Crippen molar-refractivity contribution < 1.29 is 4.92 Å².